The highest BCUT2D eigenvalue weighted by atomic mass is 32.2. The zero-order valence-electron chi connectivity index (χ0n) is 20.7. The van der Waals surface area contributed by atoms with Crippen molar-refractivity contribution in [2.24, 2.45) is 0 Å². The van der Waals surface area contributed by atoms with Crippen LogP contribution in [0.25, 0.3) is 10.2 Å². The van der Waals surface area contributed by atoms with Crippen LogP contribution in [0.4, 0.5) is 13.9 Å². The van der Waals surface area contributed by atoms with E-state index in [4.69, 9.17) is 0 Å². The molecular formula is C27H26F2N4O3S2. The van der Waals surface area contributed by atoms with Crippen molar-refractivity contribution in [3.63, 3.8) is 0 Å². The summed E-state index contributed by atoms with van der Waals surface area (Å²) >= 11 is 0.996. The monoisotopic (exact) mass is 556 g/mol. The van der Waals surface area contributed by atoms with Gasteiger partial charge in [0.25, 0.3) is 5.91 Å². The lowest BCUT2D eigenvalue weighted by Gasteiger charge is -2.34. The molecule has 0 N–H and O–H groups in total. The molecule has 7 nitrogen and oxygen atoms in total. The highest BCUT2D eigenvalue weighted by Crippen LogP contribution is 2.33. The molecule has 1 amide bonds. The van der Waals surface area contributed by atoms with Crippen LogP contribution in [0.5, 0.6) is 0 Å². The van der Waals surface area contributed by atoms with Gasteiger partial charge in [-0.25, -0.2) is 22.2 Å². The Morgan fingerprint density at radius 2 is 1.95 bits per heavy atom. The second-order valence-electron chi connectivity index (χ2n) is 9.18. The molecule has 1 aliphatic heterocycles. The molecule has 2 aromatic carbocycles. The maximum absolute atomic E-state index is 14.4. The average molecular weight is 557 g/mol. The maximum atomic E-state index is 14.4. The van der Waals surface area contributed by atoms with Crippen LogP contribution in [0.3, 0.4) is 0 Å². The van der Waals surface area contributed by atoms with Crippen LogP contribution >= 0.6 is 11.3 Å². The van der Waals surface area contributed by atoms with E-state index in [2.05, 4.69) is 9.97 Å². The number of hydrogen-bond donors (Lipinski definition) is 0. The minimum absolute atomic E-state index is 0.0242. The number of aromatic nitrogens is 2. The Morgan fingerprint density at radius 1 is 1.16 bits per heavy atom. The highest BCUT2D eigenvalue weighted by Gasteiger charge is 2.33. The number of hydrogen-bond acceptors (Lipinski definition) is 6. The third-order valence-electron chi connectivity index (χ3n) is 6.69. The minimum atomic E-state index is -3.70. The normalized spacial score (nSPS) is 16.6. The fraction of sp³-hybridized carbons (Fsp3) is 0.296. The molecule has 0 aliphatic carbocycles. The first kappa shape index (κ1) is 26.3. The Bertz CT molecular complexity index is 1560. The molecule has 1 unspecified atom stereocenters. The molecule has 0 bridgehead atoms. The van der Waals surface area contributed by atoms with E-state index in [1.807, 2.05) is 6.92 Å². The van der Waals surface area contributed by atoms with Gasteiger partial charge in [0, 0.05) is 36.6 Å². The number of nitrogens with zero attached hydrogens (tertiary/aromatic N) is 4. The predicted octanol–water partition coefficient (Wildman–Crippen LogP) is 5.77. The first-order valence-electron chi connectivity index (χ1n) is 12.4. The van der Waals surface area contributed by atoms with Crippen molar-refractivity contribution in [1.82, 2.24) is 14.3 Å². The van der Waals surface area contributed by atoms with E-state index in [1.165, 1.54) is 35.2 Å². The molecule has 4 aromatic rings. The summed E-state index contributed by atoms with van der Waals surface area (Å²) in [5.74, 6) is -2.00. The van der Waals surface area contributed by atoms with E-state index in [0.29, 0.717) is 12.1 Å². The molecule has 2 aromatic heterocycles. The smallest absolute Gasteiger partial charge is 0.260 e. The molecule has 0 spiro atoms. The van der Waals surface area contributed by atoms with E-state index in [-0.39, 0.29) is 38.4 Å². The van der Waals surface area contributed by atoms with E-state index in [1.54, 1.807) is 28.8 Å². The zero-order chi connectivity index (χ0) is 26.9. The molecule has 0 radical (unpaired) electrons. The Morgan fingerprint density at radius 3 is 2.66 bits per heavy atom. The van der Waals surface area contributed by atoms with Gasteiger partial charge in [0.1, 0.15) is 11.3 Å². The first-order chi connectivity index (χ1) is 18.3. The van der Waals surface area contributed by atoms with Crippen LogP contribution in [-0.4, -0.2) is 41.2 Å². The number of amides is 1. The molecular weight excluding hydrogens is 530 g/mol. The number of carbonyl (C=O) groups is 1. The van der Waals surface area contributed by atoms with E-state index < -0.39 is 27.6 Å². The van der Waals surface area contributed by atoms with Crippen molar-refractivity contribution in [3.05, 3.63) is 83.7 Å². The van der Waals surface area contributed by atoms with Gasteiger partial charge in [-0.1, -0.05) is 30.7 Å². The topological polar surface area (TPSA) is 83.5 Å². The Kier molecular flexibility index (Phi) is 7.51. The molecule has 38 heavy (non-hydrogen) atoms. The summed E-state index contributed by atoms with van der Waals surface area (Å²) in [6, 6.07) is 11.3. The molecule has 1 atom stereocenters. The van der Waals surface area contributed by atoms with E-state index >= 15 is 0 Å². The van der Waals surface area contributed by atoms with Crippen LogP contribution in [0.1, 0.15) is 48.5 Å². The number of piperidine rings is 1. The molecule has 5 rings (SSSR count). The first-order valence-corrected chi connectivity index (χ1v) is 14.6. The fourth-order valence-electron chi connectivity index (χ4n) is 4.72. The van der Waals surface area contributed by atoms with Crippen LogP contribution < -0.4 is 4.90 Å². The Labute approximate surface area is 223 Å². The van der Waals surface area contributed by atoms with Gasteiger partial charge in [0.2, 0.25) is 10.0 Å². The molecule has 0 saturated carbocycles. The van der Waals surface area contributed by atoms with Gasteiger partial charge in [0.05, 0.1) is 16.1 Å². The van der Waals surface area contributed by atoms with Gasteiger partial charge in [-0.15, -0.1) is 0 Å². The van der Waals surface area contributed by atoms with Gasteiger partial charge in [-0.2, -0.15) is 4.31 Å². The van der Waals surface area contributed by atoms with Crippen LogP contribution in [0.15, 0.2) is 65.8 Å². The van der Waals surface area contributed by atoms with Crippen molar-refractivity contribution in [1.29, 1.82) is 0 Å². The summed E-state index contributed by atoms with van der Waals surface area (Å²) in [7, 11) is -3.70. The van der Waals surface area contributed by atoms with E-state index in [0.717, 1.165) is 43.1 Å². The van der Waals surface area contributed by atoms with Crippen LogP contribution in [0, 0.1) is 11.6 Å². The molecule has 1 aliphatic rings. The lowest BCUT2D eigenvalue weighted by molar-refractivity contribution is 0.0985. The number of halogens is 2. The van der Waals surface area contributed by atoms with Gasteiger partial charge < -0.3 is 0 Å². The number of fused-ring (bicyclic) bond motifs is 1. The maximum Gasteiger partial charge on any atom is 0.260 e. The summed E-state index contributed by atoms with van der Waals surface area (Å²) in [5, 5.41) is 0.189. The largest absolute Gasteiger partial charge is 0.279 e. The van der Waals surface area contributed by atoms with Crippen molar-refractivity contribution in [2.45, 2.75) is 50.1 Å². The lowest BCUT2D eigenvalue weighted by Crippen LogP contribution is -2.43. The van der Waals surface area contributed by atoms with Gasteiger partial charge in [0.15, 0.2) is 10.9 Å². The number of benzene rings is 2. The van der Waals surface area contributed by atoms with Gasteiger partial charge >= 0.3 is 0 Å². The third-order valence-corrected chi connectivity index (χ3v) is 9.69. The second kappa shape index (κ2) is 10.8. The highest BCUT2D eigenvalue weighted by molar-refractivity contribution is 7.89. The summed E-state index contributed by atoms with van der Waals surface area (Å²) < 4.78 is 56.7. The Balaban J connectivity index is 1.48. The van der Waals surface area contributed by atoms with Crippen molar-refractivity contribution in [3.8, 4) is 0 Å². The predicted molar refractivity (Wildman–Crippen MR) is 143 cm³/mol. The summed E-state index contributed by atoms with van der Waals surface area (Å²) in [6.07, 6.45) is 6.62. The summed E-state index contributed by atoms with van der Waals surface area (Å²) in [6.45, 7) is 2.55. The fourth-order valence-corrected chi connectivity index (χ4v) is 7.49. The Hall–Kier alpha value is -3.28. The summed E-state index contributed by atoms with van der Waals surface area (Å²) in [5.41, 5.74) is 0.926. The number of pyridine rings is 1. The molecule has 11 heteroatoms. The van der Waals surface area contributed by atoms with E-state index in [9.17, 15) is 22.0 Å². The van der Waals surface area contributed by atoms with Gasteiger partial charge in [-0.3, -0.25) is 14.7 Å². The number of carbonyl (C=O) groups excluding carboxylic acids is 1. The van der Waals surface area contributed by atoms with Crippen molar-refractivity contribution >= 4 is 42.6 Å². The zero-order valence-corrected chi connectivity index (χ0v) is 22.3. The second-order valence-corrected chi connectivity index (χ2v) is 12.1. The van der Waals surface area contributed by atoms with Gasteiger partial charge in [-0.05, 0) is 61.2 Å². The molecule has 1 saturated heterocycles. The number of anilines is 1. The quantitative estimate of drug-likeness (QED) is 0.289. The molecule has 3 heterocycles. The molecule has 1 fully saturated rings. The number of rotatable bonds is 7. The molecule has 198 valence electrons. The van der Waals surface area contributed by atoms with Crippen LogP contribution in [-0.2, 0) is 16.6 Å². The average Bonchev–Trinajstić information content (AvgIpc) is 3.36. The third kappa shape index (κ3) is 5.18. The number of sulfonamides is 1. The number of thiazole rings is 1. The van der Waals surface area contributed by atoms with Crippen molar-refractivity contribution < 1.29 is 22.0 Å². The standard InChI is InChI=1S/C27H26F2N4O3S2/c1-2-21-7-3-4-13-33(21)38(35,36)22-10-8-19(9-11-22)26(34)32(17-18-6-5-12-30-16-18)27-31-25-23(29)14-20(28)15-24(25)37-27/h5-6,8-12,14-16,21H,2-4,7,13,17H2,1H3. The SMILES string of the molecule is CCC1CCCCN1S(=O)(=O)c1ccc(C(=O)N(Cc2cccnc2)c2nc3c(F)cc(F)cc3s2)cc1. The van der Waals surface area contributed by atoms with Crippen molar-refractivity contribution in [2.75, 3.05) is 11.4 Å². The summed E-state index contributed by atoms with van der Waals surface area (Å²) in [4.78, 5) is 23.6. The lowest BCUT2D eigenvalue weighted by atomic mass is 10.0. The minimum Gasteiger partial charge on any atom is -0.279 e. The van der Waals surface area contributed by atoms with Crippen LogP contribution in [0.2, 0.25) is 0 Å².